The molecule has 1 rings (SSSR count). The molecule has 1 aromatic carbocycles. The second kappa shape index (κ2) is 4.35. The van der Waals surface area contributed by atoms with E-state index in [1.54, 1.807) is 6.07 Å². The van der Waals surface area contributed by atoms with Gasteiger partial charge >= 0.3 is 0 Å². The Morgan fingerprint density at radius 3 is 2.40 bits per heavy atom. The molecule has 0 atom stereocenters. The molecule has 0 bridgehead atoms. The number of phenolic OH excluding ortho intramolecular Hbond substituents is 1. The van der Waals surface area contributed by atoms with E-state index in [2.05, 4.69) is 15.9 Å². The molecule has 0 aliphatic heterocycles. The van der Waals surface area contributed by atoms with Crippen LogP contribution in [0.4, 0.5) is 0 Å². The zero-order valence-corrected chi connectivity index (χ0v) is 11.0. The molecule has 0 radical (unpaired) electrons. The van der Waals surface area contributed by atoms with Crippen LogP contribution in [0.5, 0.6) is 5.75 Å². The lowest BCUT2D eigenvalue weighted by Crippen LogP contribution is -2.10. The van der Waals surface area contributed by atoms with Crippen molar-refractivity contribution in [3.63, 3.8) is 0 Å². The van der Waals surface area contributed by atoms with Gasteiger partial charge in [0.25, 0.3) is 0 Å². The second-order valence-electron chi connectivity index (χ2n) is 4.05. The Balaban J connectivity index is 3.43. The van der Waals surface area contributed by atoms with Crippen LogP contribution in [-0.2, 0) is 0 Å². The number of Topliss-reactive ketones (excluding diaryl/α,β-unsaturated/α-hetero) is 1. The molecule has 0 heterocycles. The van der Waals surface area contributed by atoms with E-state index in [0.29, 0.717) is 5.56 Å². The summed E-state index contributed by atoms with van der Waals surface area (Å²) in [6.07, 6.45) is 0. The molecule has 0 amide bonds. The summed E-state index contributed by atoms with van der Waals surface area (Å²) in [5.41, 5.74) is 2.18. The van der Waals surface area contributed by atoms with Crippen molar-refractivity contribution in [1.29, 1.82) is 0 Å². The maximum atomic E-state index is 11.9. The average molecular weight is 271 g/mol. The van der Waals surface area contributed by atoms with Gasteiger partial charge in [-0.2, -0.15) is 0 Å². The number of hydrogen-bond donors (Lipinski definition) is 1. The predicted octanol–water partition coefficient (Wildman–Crippen LogP) is 3.61. The van der Waals surface area contributed by atoms with Gasteiger partial charge in [0, 0.05) is 10.4 Å². The number of rotatable bonds is 2. The number of ketones is 1. The molecule has 2 nitrogen and oxygen atoms in total. The van der Waals surface area contributed by atoms with Crippen LogP contribution < -0.4 is 0 Å². The fourth-order valence-electron chi connectivity index (χ4n) is 1.54. The molecule has 1 aromatic rings. The molecule has 1 N–H and O–H groups in total. The Kier molecular flexibility index (Phi) is 3.55. The van der Waals surface area contributed by atoms with Gasteiger partial charge in [-0.25, -0.2) is 0 Å². The molecule has 3 heteroatoms. The molecule has 0 unspecified atom stereocenters. The molecule has 0 aliphatic rings. The van der Waals surface area contributed by atoms with Crippen LogP contribution in [-0.4, -0.2) is 10.9 Å². The van der Waals surface area contributed by atoms with Gasteiger partial charge in [0.1, 0.15) is 5.75 Å². The van der Waals surface area contributed by atoms with Crippen LogP contribution in [0.1, 0.15) is 35.3 Å². The van der Waals surface area contributed by atoms with E-state index in [-0.39, 0.29) is 17.5 Å². The van der Waals surface area contributed by atoms with Crippen LogP contribution in [0.25, 0.3) is 0 Å². The van der Waals surface area contributed by atoms with Gasteiger partial charge in [-0.1, -0.05) is 29.8 Å². The second-order valence-corrected chi connectivity index (χ2v) is 4.84. The Labute approximate surface area is 98.4 Å². The number of halogens is 1. The Hall–Kier alpha value is -0.830. The third-order valence-corrected chi connectivity index (χ3v) is 3.65. The van der Waals surface area contributed by atoms with Crippen molar-refractivity contribution in [2.24, 2.45) is 5.92 Å². The van der Waals surface area contributed by atoms with E-state index in [0.717, 1.165) is 15.6 Å². The molecule has 0 saturated heterocycles. The summed E-state index contributed by atoms with van der Waals surface area (Å²) in [4.78, 5) is 11.9. The first-order valence-corrected chi connectivity index (χ1v) is 5.68. The third kappa shape index (κ3) is 2.23. The van der Waals surface area contributed by atoms with Crippen LogP contribution in [0.2, 0.25) is 0 Å². The maximum absolute atomic E-state index is 11.9. The van der Waals surface area contributed by atoms with Crippen LogP contribution in [0, 0.1) is 19.8 Å². The molecule has 82 valence electrons. The fraction of sp³-hybridized carbons (Fsp3) is 0.417. The van der Waals surface area contributed by atoms with Crippen molar-refractivity contribution in [3.05, 3.63) is 27.2 Å². The molecule has 15 heavy (non-hydrogen) atoms. The zero-order valence-electron chi connectivity index (χ0n) is 9.39. The number of hydrogen-bond acceptors (Lipinski definition) is 2. The average Bonchev–Trinajstić information content (AvgIpc) is 2.14. The van der Waals surface area contributed by atoms with Crippen molar-refractivity contribution in [2.45, 2.75) is 27.7 Å². The van der Waals surface area contributed by atoms with Crippen LogP contribution >= 0.6 is 15.9 Å². The topological polar surface area (TPSA) is 37.3 Å². The van der Waals surface area contributed by atoms with Gasteiger partial charge in [-0.3, -0.25) is 4.79 Å². The van der Waals surface area contributed by atoms with E-state index in [1.807, 2.05) is 27.7 Å². The number of carbonyl (C=O) groups is 1. The highest BCUT2D eigenvalue weighted by atomic mass is 79.9. The Bertz CT molecular complexity index is 409. The van der Waals surface area contributed by atoms with Gasteiger partial charge < -0.3 is 5.11 Å². The molecular weight excluding hydrogens is 256 g/mol. The maximum Gasteiger partial charge on any atom is 0.169 e. The lowest BCUT2D eigenvalue weighted by molar-refractivity contribution is 0.0936. The van der Waals surface area contributed by atoms with E-state index >= 15 is 0 Å². The number of phenols is 1. The van der Waals surface area contributed by atoms with E-state index < -0.39 is 0 Å². The molecule has 0 saturated carbocycles. The van der Waals surface area contributed by atoms with Gasteiger partial charge in [-0.05, 0) is 31.0 Å². The first kappa shape index (κ1) is 12.2. The van der Waals surface area contributed by atoms with E-state index in [4.69, 9.17) is 0 Å². The van der Waals surface area contributed by atoms with Gasteiger partial charge in [0.15, 0.2) is 5.78 Å². The highest BCUT2D eigenvalue weighted by molar-refractivity contribution is 9.10. The van der Waals surface area contributed by atoms with Crippen molar-refractivity contribution in [2.75, 3.05) is 0 Å². The predicted molar refractivity (Wildman–Crippen MR) is 64.4 cm³/mol. The van der Waals surface area contributed by atoms with Gasteiger partial charge in [0.05, 0.1) is 5.56 Å². The fourth-order valence-corrected chi connectivity index (χ4v) is 1.85. The zero-order chi connectivity index (χ0) is 11.7. The summed E-state index contributed by atoms with van der Waals surface area (Å²) in [5.74, 6) is -0.0539. The van der Waals surface area contributed by atoms with Crippen LogP contribution in [0.15, 0.2) is 10.5 Å². The summed E-state index contributed by atoms with van der Waals surface area (Å²) >= 11 is 3.42. The lowest BCUT2D eigenvalue weighted by Gasteiger charge is -2.13. The molecule has 0 aromatic heterocycles. The third-order valence-electron chi connectivity index (χ3n) is 2.43. The molecule has 0 spiro atoms. The molecule has 0 fully saturated rings. The smallest absolute Gasteiger partial charge is 0.169 e. The number of aryl methyl sites for hydroxylation is 1. The minimum atomic E-state index is -0.107. The number of aromatic hydroxyl groups is 1. The monoisotopic (exact) mass is 270 g/mol. The minimum Gasteiger partial charge on any atom is -0.507 e. The summed E-state index contributed by atoms with van der Waals surface area (Å²) in [5, 5.41) is 9.77. The Morgan fingerprint density at radius 2 is 1.93 bits per heavy atom. The Morgan fingerprint density at radius 1 is 1.40 bits per heavy atom. The molecule has 0 aliphatic carbocycles. The summed E-state index contributed by atoms with van der Waals surface area (Å²) in [6, 6.07) is 1.62. The van der Waals surface area contributed by atoms with Gasteiger partial charge in [0.2, 0.25) is 0 Å². The standard InChI is InChI=1S/C12H15BrO2/c1-6(2)12(15)10-8(4)11(13)7(3)5-9(10)14/h5-6,14H,1-4H3. The van der Waals surface area contributed by atoms with E-state index in [1.165, 1.54) is 0 Å². The van der Waals surface area contributed by atoms with E-state index in [9.17, 15) is 9.90 Å². The van der Waals surface area contributed by atoms with Crippen molar-refractivity contribution in [1.82, 2.24) is 0 Å². The number of benzene rings is 1. The summed E-state index contributed by atoms with van der Waals surface area (Å²) < 4.78 is 0.893. The van der Waals surface area contributed by atoms with Crippen molar-refractivity contribution in [3.8, 4) is 5.75 Å². The summed E-state index contributed by atoms with van der Waals surface area (Å²) in [7, 11) is 0. The number of carbonyl (C=O) groups excluding carboxylic acids is 1. The minimum absolute atomic E-state index is 0.0225. The SMILES string of the molecule is Cc1cc(O)c(C(=O)C(C)C)c(C)c1Br. The quantitative estimate of drug-likeness (QED) is 0.834. The highest BCUT2D eigenvalue weighted by Gasteiger charge is 2.19. The van der Waals surface area contributed by atoms with Crippen LogP contribution in [0.3, 0.4) is 0 Å². The summed E-state index contributed by atoms with van der Waals surface area (Å²) in [6.45, 7) is 7.39. The largest absolute Gasteiger partial charge is 0.507 e. The van der Waals surface area contributed by atoms with Crippen molar-refractivity contribution >= 4 is 21.7 Å². The normalized spacial score (nSPS) is 10.8. The first-order chi connectivity index (χ1) is 6.86. The highest BCUT2D eigenvalue weighted by Crippen LogP contribution is 2.32. The lowest BCUT2D eigenvalue weighted by atomic mass is 9.95. The first-order valence-electron chi connectivity index (χ1n) is 4.89. The van der Waals surface area contributed by atoms with Crippen molar-refractivity contribution < 1.29 is 9.90 Å². The molecular formula is C12H15BrO2. The van der Waals surface area contributed by atoms with Gasteiger partial charge in [-0.15, -0.1) is 0 Å².